The summed E-state index contributed by atoms with van der Waals surface area (Å²) < 4.78 is 11.4. The van der Waals surface area contributed by atoms with Gasteiger partial charge in [-0.15, -0.1) is 0 Å². The summed E-state index contributed by atoms with van der Waals surface area (Å²) in [4.78, 5) is 0. The summed E-state index contributed by atoms with van der Waals surface area (Å²) in [6.07, 6.45) is 3.46. The zero-order valence-corrected chi connectivity index (χ0v) is 10.9. The highest BCUT2D eigenvalue weighted by Gasteiger charge is 2.27. The molecule has 0 aromatic heterocycles. The van der Waals surface area contributed by atoms with Crippen LogP contribution in [0.1, 0.15) is 37.8 Å². The second-order valence-electron chi connectivity index (χ2n) is 5.15. The van der Waals surface area contributed by atoms with E-state index in [2.05, 4.69) is 30.4 Å². The van der Waals surface area contributed by atoms with Gasteiger partial charge in [0.15, 0.2) is 11.5 Å². The first-order chi connectivity index (χ1) is 8.88. The van der Waals surface area contributed by atoms with Crippen LogP contribution < -0.4 is 14.8 Å². The Balaban J connectivity index is 1.87. The van der Waals surface area contributed by atoms with E-state index in [4.69, 9.17) is 9.47 Å². The largest absolute Gasteiger partial charge is 0.490 e. The van der Waals surface area contributed by atoms with Crippen LogP contribution in [0.5, 0.6) is 11.5 Å². The predicted octanol–water partition coefficient (Wildman–Crippen LogP) is 2.91. The Labute approximate surface area is 108 Å². The summed E-state index contributed by atoms with van der Waals surface area (Å²) in [6.45, 7) is 4.91. The molecular formula is C15H21NO2. The van der Waals surface area contributed by atoms with Crippen molar-refractivity contribution in [2.24, 2.45) is 5.92 Å². The Hall–Kier alpha value is -1.22. The Kier molecular flexibility index (Phi) is 3.41. The molecule has 98 valence electrons. The van der Waals surface area contributed by atoms with E-state index >= 15 is 0 Å². The van der Waals surface area contributed by atoms with E-state index < -0.39 is 0 Å². The normalized spacial score (nSPS) is 26.9. The zero-order valence-electron chi connectivity index (χ0n) is 10.9. The number of ether oxygens (including phenoxy) is 2. The summed E-state index contributed by atoms with van der Waals surface area (Å²) >= 11 is 0. The molecule has 0 bridgehead atoms. The molecule has 0 saturated carbocycles. The summed E-state index contributed by atoms with van der Waals surface area (Å²) in [5, 5.41) is 3.60. The molecular weight excluding hydrogens is 226 g/mol. The highest BCUT2D eigenvalue weighted by molar-refractivity contribution is 5.44. The molecule has 1 aromatic rings. The fourth-order valence-corrected chi connectivity index (χ4v) is 2.96. The van der Waals surface area contributed by atoms with Gasteiger partial charge in [-0.1, -0.05) is 19.4 Å². The molecule has 2 atom stereocenters. The van der Waals surface area contributed by atoms with Gasteiger partial charge in [-0.05, 0) is 36.6 Å². The Morgan fingerprint density at radius 3 is 2.89 bits per heavy atom. The van der Waals surface area contributed by atoms with Crippen molar-refractivity contribution in [2.45, 2.75) is 32.2 Å². The average Bonchev–Trinajstić information content (AvgIpc) is 2.76. The van der Waals surface area contributed by atoms with Crippen LogP contribution in [-0.4, -0.2) is 19.8 Å². The van der Waals surface area contributed by atoms with Crippen LogP contribution in [0.4, 0.5) is 0 Å². The van der Waals surface area contributed by atoms with Gasteiger partial charge in [0.25, 0.3) is 0 Å². The molecule has 3 rings (SSSR count). The summed E-state index contributed by atoms with van der Waals surface area (Å²) in [5.41, 5.74) is 1.34. The van der Waals surface area contributed by atoms with Crippen molar-refractivity contribution in [2.75, 3.05) is 19.8 Å². The van der Waals surface area contributed by atoms with Gasteiger partial charge in [0.05, 0.1) is 13.2 Å². The minimum atomic E-state index is 0.479. The molecule has 2 unspecified atom stereocenters. The fourth-order valence-electron chi connectivity index (χ4n) is 2.96. The van der Waals surface area contributed by atoms with Crippen LogP contribution in [0.15, 0.2) is 18.2 Å². The Morgan fingerprint density at radius 1 is 1.22 bits per heavy atom. The molecule has 0 spiro atoms. The van der Waals surface area contributed by atoms with Crippen molar-refractivity contribution in [3.63, 3.8) is 0 Å². The lowest BCUT2D eigenvalue weighted by molar-refractivity contribution is 0.297. The van der Waals surface area contributed by atoms with Gasteiger partial charge in [-0.2, -0.15) is 0 Å². The standard InChI is InChI=1S/C15H21NO2/c1-2-11-6-7-16-15(11)12-4-5-13-14(10-12)18-9-3-8-17-13/h4-5,10-11,15-16H,2-3,6-9H2,1H3. The number of hydrogen-bond acceptors (Lipinski definition) is 3. The first-order valence-corrected chi connectivity index (χ1v) is 7.01. The minimum Gasteiger partial charge on any atom is -0.490 e. The summed E-state index contributed by atoms with van der Waals surface area (Å²) in [7, 11) is 0. The van der Waals surface area contributed by atoms with Gasteiger partial charge < -0.3 is 14.8 Å². The first kappa shape index (κ1) is 11.8. The zero-order chi connectivity index (χ0) is 12.4. The highest BCUT2D eigenvalue weighted by atomic mass is 16.5. The molecule has 2 aliphatic heterocycles. The summed E-state index contributed by atoms with van der Waals surface area (Å²) in [6, 6.07) is 6.88. The van der Waals surface area contributed by atoms with Crippen LogP contribution >= 0.6 is 0 Å². The predicted molar refractivity (Wildman–Crippen MR) is 71.2 cm³/mol. The van der Waals surface area contributed by atoms with Crippen molar-refractivity contribution >= 4 is 0 Å². The third kappa shape index (κ3) is 2.19. The van der Waals surface area contributed by atoms with Crippen LogP contribution in [0, 0.1) is 5.92 Å². The number of nitrogens with one attached hydrogen (secondary N) is 1. The number of rotatable bonds is 2. The van der Waals surface area contributed by atoms with Gasteiger partial charge >= 0.3 is 0 Å². The third-order valence-electron chi connectivity index (χ3n) is 4.01. The van der Waals surface area contributed by atoms with Crippen molar-refractivity contribution < 1.29 is 9.47 Å². The number of fused-ring (bicyclic) bond motifs is 1. The van der Waals surface area contributed by atoms with Gasteiger partial charge in [0.2, 0.25) is 0 Å². The molecule has 2 aliphatic rings. The average molecular weight is 247 g/mol. The van der Waals surface area contributed by atoms with E-state index in [0.717, 1.165) is 43.6 Å². The Bertz CT molecular complexity index is 419. The monoisotopic (exact) mass is 247 g/mol. The maximum atomic E-state index is 5.76. The molecule has 0 aliphatic carbocycles. The molecule has 3 nitrogen and oxygen atoms in total. The van der Waals surface area contributed by atoms with Crippen molar-refractivity contribution in [1.82, 2.24) is 5.32 Å². The Morgan fingerprint density at radius 2 is 2.06 bits per heavy atom. The van der Waals surface area contributed by atoms with Crippen molar-refractivity contribution in [3.05, 3.63) is 23.8 Å². The molecule has 1 saturated heterocycles. The fraction of sp³-hybridized carbons (Fsp3) is 0.600. The first-order valence-electron chi connectivity index (χ1n) is 7.01. The van der Waals surface area contributed by atoms with Crippen LogP contribution in [0.25, 0.3) is 0 Å². The highest BCUT2D eigenvalue weighted by Crippen LogP contribution is 2.37. The second-order valence-corrected chi connectivity index (χ2v) is 5.15. The quantitative estimate of drug-likeness (QED) is 0.871. The number of hydrogen-bond donors (Lipinski definition) is 1. The smallest absolute Gasteiger partial charge is 0.161 e. The van der Waals surface area contributed by atoms with Gasteiger partial charge in [0.1, 0.15) is 0 Å². The molecule has 0 amide bonds. The maximum absolute atomic E-state index is 5.76. The third-order valence-corrected chi connectivity index (χ3v) is 4.01. The van der Waals surface area contributed by atoms with E-state index in [1.807, 2.05) is 0 Å². The lowest BCUT2D eigenvalue weighted by Gasteiger charge is -2.19. The van der Waals surface area contributed by atoms with Gasteiger partial charge in [-0.25, -0.2) is 0 Å². The lowest BCUT2D eigenvalue weighted by atomic mass is 9.92. The molecule has 1 N–H and O–H groups in total. The molecule has 1 fully saturated rings. The molecule has 3 heteroatoms. The van der Waals surface area contributed by atoms with Crippen LogP contribution in [-0.2, 0) is 0 Å². The van der Waals surface area contributed by atoms with E-state index in [-0.39, 0.29) is 0 Å². The van der Waals surface area contributed by atoms with Crippen molar-refractivity contribution in [3.8, 4) is 11.5 Å². The van der Waals surface area contributed by atoms with E-state index in [9.17, 15) is 0 Å². The van der Waals surface area contributed by atoms with Gasteiger partial charge in [-0.3, -0.25) is 0 Å². The van der Waals surface area contributed by atoms with E-state index in [1.165, 1.54) is 18.4 Å². The molecule has 1 aromatic carbocycles. The molecule has 18 heavy (non-hydrogen) atoms. The van der Waals surface area contributed by atoms with Crippen molar-refractivity contribution in [1.29, 1.82) is 0 Å². The summed E-state index contributed by atoms with van der Waals surface area (Å²) in [5.74, 6) is 2.55. The van der Waals surface area contributed by atoms with E-state index in [1.54, 1.807) is 0 Å². The van der Waals surface area contributed by atoms with Crippen LogP contribution in [0.2, 0.25) is 0 Å². The minimum absolute atomic E-state index is 0.479. The second kappa shape index (κ2) is 5.19. The number of benzene rings is 1. The lowest BCUT2D eigenvalue weighted by Crippen LogP contribution is -2.17. The van der Waals surface area contributed by atoms with Gasteiger partial charge in [0, 0.05) is 12.5 Å². The molecule has 2 heterocycles. The maximum Gasteiger partial charge on any atom is 0.161 e. The van der Waals surface area contributed by atoms with Crippen LogP contribution in [0.3, 0.4) is 0 Å². The topological polar surface area (TPSA) is 30.5 Å². The SMILES string of the molecule is CCC1CCNC1c1ccc2c(c1)OCCCO2. The van der Waals surface area contributed by atoms with E-state index in [0.29, 0.717) is 6.04 Å². The molecule has 0 radical (unpaired) electrons.